The zero-order valence-corrected chi connectivity index (χ0v) is 15.3. The molecule has 0 saturated heterocycles. The normalized spacial score (nSPS) is 12.3. The Hall–Kier alpha value is -3.40. The monoisotopic (exact) mass is 372 g/mol. The van der Waals surface area contributed by atoms with Gasteiger partial charge in [0.1, 0.15) is 6.61 Å². The van der Waals surface area contributed by atoms with Crippen LogP contribution in [0, 0.1) is 0 Å². The van der Waals surface area contributed by atoms with Crippen LogP contribution in [0.5, 0.6) is 0 Å². The number of carboxylic acids is 1. The molecule has 0 bridgehead atoms. The molecule has 28 heavy (non-hydrogen) atoms. The van der Waals surface area contributed by atoms with Gasteiger partial charge < -0.3 is 9.84 Å². The molecular weight excluding hydrogens is 352 g/mol. The molecule has 0 fully saturated rings. The topological polar surface area (TPSA) is 63.6 Å². The third kappa shape index (κ3) is 3.54. The SMILES string of the molecule is O=C(CCc1cccc(C(=O)O)c1)OCC1c2ccccc2-c2ccccc21. The predicted molar refractivity (Wildman–Crippen MR) is 106 cm³/mol. The lowest BCUT2D eigenvalue weighted by Gasteiger charge is -2.14. The number of hydrogen-bond donors (Lipinski definition) is 1. The highest BCUT2D eigenvalue weighted by molar-refractivity contribution is 5.87. The molecule has 3 aromatic carbocycles. The smallest absolute Gasteiger partial charge is 0.335 e. The van der Waals surface area contributed by atoms with Gasteiger partial charge in [0.25, 0.3) is 0 Å². The minimum absolute atomic E-state index is 0.0479. The van der Waals surface area contributed by atoms with Crippen molar-refractivity contribution in [1.82, 2.24) is 0 Å². The molecule has 0 amide bonds. The standard InChI is InChI=1S/C24H20O4/c25-23(13-12-16-6-5-7-17(14-16)24(26)27)28-15-22-20-10-3-1-8-18(20)19-9-2-4-11-21(19)22/h1-11,14,22H,12-13,15H2,(H,26,27). The summed E-state index contributed by atoms with van der Waals surface area (Å²) in [6, 6.07) is 23.1. The van der Waals surface area contributed by atoms with Crippen molar-refractivity contribution in [2.75, 3.05) is 6.61 Å². The lowest BCUT2D eigenvalue weighted by molar-refractivity contribution is -0.143. The summed E-state index contributed by atoms with van der Waals surface area (Å²) in [6.45, 7) is 0.308. The lowest BCUT2D eigenvalue weighted by atomic mass is 9.98. The summed E-state index contributed by atoms with van der Waals surface area (Å²) in [5.74, 6) is -1.20. The van der Waals surface area contributed by atoms with E-state index in [-0.39, 0.29) is 23.9 Å². The summed E-state index contributed by atoms with van der Waals surface area (Å²) < 4.78 is 5.58. The molecule has 0 radical (unpaired) electrons. The highest BCUT2D eigenvalue weighted by atomic mass is 16.5. The number of aromatic carboxylic acids is 1. The van der Waals surface area contributed by atoms with E-state index in [4.69, 9.17) is 9.84 Å². The molecular formula is C24H20O4. The number of ether oxygens (including phenoxy) is 1. The largest absolute Gasteiger partial charge is 0.478 e. The number of rotatable bonds is 6. The minimum Gasteiger partial charge on any atom is -0.478 e. The quantitative estimate of drug-likeness (QED) is 0.639. The number of carbonyl (C=O) groups excluding carboxylic acids is 1. The third-order valence-electron chi connectivity index (χ3n) is 5.17. The van der Waals surface area contributed by atoms with E-state index in [0.717, 1.165) is 5.56 Å². The first-order valence-corrected chi connectivity index (χ1v) is 9.29. The fourth-order valence-corrected chi connectivity index (χ4v) is 3.79. The average molecular weight is 372 g/mol. The number of benzene rings is 3. The molecule has 0 saturated carbocycles. The van der Waals surface area contributed by atoms with Gasteiger partial charge in [-0.15, -0.1) is 0 Å². The Morgan fingerprint density at radius 1 is 0.857 bits per heavy atom. The number of esters is 1. The maximum Gasteiger partial charge on any atom is 0.335 e. The zero-order valence-electron chi connectivity index (χ0n) is 15.3. The summed E-state index contributed by atoms with van der Waals surface area (Å²) in [4.78, 5) is 23.3. The Morgan fingerprint density at radius 3 is 2.14 bits per heavy atom. The van der Waals surface area contributed by atoms with E-state index >= 15 is 0 Å². The summed E-state index contributed by atoms with van der Waals surface area (Å²) in [5, 5.41) is 9.06. The number of fused-ring (bicyclic) bond motifs is 3. The number of carbonyl (C=O) groups is 2. The van der Waals surface area contributed by atoms with Crippen LogP contribution in [0.25, 0.3) is 11.1 Å². The first-order chi connectivity index (χ1) is 13.6. The number of carboxylic acid groups (broad SMARTS) is 1. The first-order valence-electron chi connectivity index (χ1n) is 9.29. The van der Waals surface area contributed by atoms with Crippen LogP contribution in [0.1, 0.15) is 39.4 Å². The fraction of sp³-hybridized carbons (Fsp3) is 0.167. The van der Waals surface area contributed by atoms with Gasteiger partial charge in [-0.3, -0.25) is 4.79 Å². The predicted octanol–water partition coefficient (Wildman–Crippen LogP) is 4.67. The van der Waals surface area contributed by atoms with Crippen LogP contribution in [0.2, 0.25) is 0 Å². The van der Waals surface area contributed by atoms with Crippen molar-refractivity contribution in [2.24, 2.45) is 0 Å². The maximum atomic E-state index is 12.3. The molecule has 1 aliphatic rings. The van der Waals surface area contributed by atoms with Crippen LogP contribution in [0.3, 0.4) is 0 Å². The Balaban J connectivity index is 1.40. The van der Waals surface area contributed by atoms with Gasteiger partial charge in [-0.1, -0.05) is 60.7 Å². The van der Waals surface area contributed by atoms with E-state index in [1.165, 1.54) is 22.3 Å². The van der Waals surface area contributed by atoms with Crippen LogP contribution in [0.4, 0.5) is 0 Å². The first kappa shape index (κ1) is 18.0. The Labute approximate surface area is 163 Å². The molecule has 0 unspecified atom stereocenters. The Bertz CT molecular complexity index is 993. The summed E-state index contributed by atoms with van der Waals surface area (Å²) in [7, 11) is 0. The molecule has 4 nitrogen and oxygen atoms in total. The van der Waals surface area contributed by atoms with Gasteiger partial charge in [0.05, 0.1) is 5.56 Å². The maximum absolute atomic E-state index is 12.3. The van der Waals surface area contributed by atoms with Crippen LogP contribution in [-0.4, -0.2) is 23.7 Å². The second-order valence-electron chi connectivity index (χ2n) is 6.92. The van der Waals surface area contributed by atoms with Crippen molar-refractivity contribution in [2.45, 2.75) is 18.8 Å². The fourth-order valence-electron chi connectivity index (χ4n) is 3.79. The van der Waals surface area contributed by atoms with Crippen molar-refractivity contribution in [3.05, 3.63) is 95.1 Å². The van der Waals surface area contributed by atoms with Crippen molar-refractivity contribution in [1.29, 1.82) is 0 Å². The van der Waals surface area contributed by atoms with Gasteiger partial charge in [-0.2, -0.15) is 0 Å². The van der Waals surface area contributed by atoms with E-state index in [0.29, 0.717) is 13.0 Å². The molecule has 0 aliphatic heterocycles. The van der Waals surface area contributed by atoms with E-state index in [1.54, 1.807) is 18.2 Å². The van der Waals surface area contributed by atoms with Gasteiger partial charge in [-0.05, 0) is 46.4 Å². The van der Waals surface area contributed by atoms with Gasteiger partial charge >= 0.3 is 11.9 Å². The van der Waals surface area contributed by atoms with Gasteiger partial charge in [0.2, 0.25) is 0 Å². The molecule has 0 aromatic heterocycles. The van der Waals surface area contributed by atoms with Crippen LogP contribution in [0.15, 0.2) is 72.8 Å². The molecule has 1 aliphatic carbocycles. The van der Waals surface area contributed by atoms with Gasteiger partial charge in [0, 0.05) is 12.3 Å². The highest BCUT2D eigenvalue weighted by Crippen LogP contribution is 2.44. The van der Waals surface area contributed by atoms with Crippen LogP contribution in [-0.2, 0) is 16.0 Å². The molecule has 4 rings (SSSR count). The summed E-state index contributed by atoms with van der Waals surface area (Å²) in [5.41, 5.74) is 5.81. The van der Waals surface area contributed by atoms with Crippen molar-refractivity contribution in [3.8, 4) is 11.1 Å². The number of aryl methyl sites for hydroxylation is 1. The molecule has 0 atom stereocenters. The van der Waals surface area contributed by atoms with Crippen LogP contribution >= 0.6 is 0 Å². The van der Waals surface area contributed by atoms with E-state index in [2.05, 4.69) is 24.3 Å². The summed E-state index contributed by atoms with van der Waals surface area (Å²) in [6.07, 6.45) is 0.677. The second-order valence-corrected chi connectivity index (χ2v) is 6.92. The zero-order chi connectivity index (χ0) is 19.5. The van der Waals surface area contributed by atoms with Crippen LogP contribution < -0.4 is 0 Å². The van der Waals surface area contributed by atoms with E-state index in [9.17, 15) is 9.59 Å². The van der Waals surface area contributed by atoms with Crippen molar-refractivity contribution >= 4 is 11.9 Å². The highest BCUT2D eigenvalue weighted by Gasteiger charge is 2.28. The second kappa shape index (κ2) is 7.69. The van der Waals surface area contributed by atoms with E-state index in [1.807, 2.05) is 30.3 Å². The van der Waals surface area contributed by atoms with Crippen molar-refractivity contribution < 1.29 is 19.4 Å². The molecule has 4 heteroatoms. The Morgan fingerprint density at radius 2 is 1.50 bits per heavy atom. The number of hydrogen-bond acceptors (Lipinski definition) is 3. The molecule has 140 valence electrons. The lowest BCUT2D eigenvalue weighted by Crippen LogP contribution is -2.13. The third-order valence-corrected chi connectivity index (χ3v) is 5.17. The molecule has 0 heterocycles. The van der Waals surface area contributed by atoms with E-state index < -0.39 is 5.97 Å². The van der Waals surface area contributed by atoms with Crippen molar-refractivity contribution in [3.63, 3.8) is 0 Å². The Kier molecular flexibility index (Phi) is 4.94. The average Bonchev–Trinajstić information content (AvgIpc) is 3.05. The molecule has 1 N–H and O–H groups in total. The van der Waals surface area contributed by atoms with Gasteiger partial charge in [-0.25, -0.2) is 4.79 Å². The molecule has 3 aromatic rings. The minimum atomic E-state index is -0.969. The summed E-state index contributed by atoms with van der Waals surface area (Å²) >= 11 is 0. The van der Waals surface area contributed by atoms with Gasteiger partial charge in [0.15, 0.2) is 0 Å². The molecule has 0 spiro atoms.